The Morgan fingerprint density at radius 2 is 2.56 bits per heavy atom. The van der Waals surface area contributed by atoms with Crippen LogP contribution in [-0.4, -0.2) is 16.2 Å². The molecule has 2 rings (SSSR count). The van der Waals surface area contributed by atoms with Crippen LogP contribution in [-0.2, 0) is 0 Å². The number of aromatic nitrogens is 1. The Morgan fingerprint density at radius 3 is 3.33 bits per heavy atom. The lowest BCUT2D eigenvalue weighted by Crippen LogP contribution is -2.03. The van der Waals surface area contributed by atoms with Crippen molar-refractivity contribution in [2.75, 3.05) is 5.75 Å². The van der Waals surface area contributed by atoms with E-state index in [0.29, 0.717) is 5.75 Å². The fraction of sp³-hybridized carbons (Fsp3) is 0.167. The predicted octanol–water partition coefficient (Wildman–Crippen LogP) is 1.23. The van der Waals surface area contributed by atoms with Crippen LogP contribution in [0.4, 0.5) is 0 Å². The molecular formula is C6H5NOS. The molecule has 0 N–H and O–H groups in total. The Bertz CT molecular complexity index is 253. The fourth-order valence-electron chi connectivity index (χ4n) is 0.894. The lowest BCUT2D eigenvalue weighted by molar-refractivity contribution is 0.0940. The van der Waals surface area contributed by atoms with Gasteiger partial charge in [0.1, 0.15) is 0 Å². The van der Waals surface area contributed by atoms with Crippen molar-refractivity contribution in [3.63, 3.8) is 0 Å². The van der Waals surface area contributed by atoms with E-state index in [9.17, 15) is 4.79 Å². The van der Waals surface area contributed by atoms with Gasteiger partial charge >= 0.3 is 0 Å². The average Bonchev–Trinajstić information content (AvgIpc) is 2.35. The maximum absolute atomic E-state index is 10.9. The van der Waals surface area contributed by atoms with Crippen LogP contribution in [0.2, 0.25) is 0 Å². The van der Waals surface area contributed by atoms with Crippen LogP contribution in [0.1, 0.15) is 4.79 Å². The fourth-order valence-corrected chi connectivity index (χ4v) is 1.78. The highest BCUT2D eigenvalue weighted by Crippen LogP contribution is 2.24. The van der Waals surface area contributed by atoms with E-state index >= 15 is 0 Å². The van der Waals surface area contributed by atoms with Crippen molar-refractivity contribution >= 4 is 17.7 Å². The summed E-state index contributed by atoms with van der Waals surface area (Å²) >= 11 is 1.60. The van der Waals surface area contributed by atoms with Crippen molar-refractivity contribution in [1.29, 1.82) is 0 Å². The Morgan fingerprint density at radius 1 is 1.67 bits per heavy atom. The number of hydrogen-bond acceptors (Lipinski definition) is 2. The molecule has 2 nitrogen and oxygen atoms in total. The first-order chi connectivity index (χ1) is 4.38. The zero-order valence-corrected chi connectivity index (χ0v) is 5.52. The normalized spacial score (nSPS) is 16.2. The van der Waals surface area contributed by atoms with E-state index in [1.54, 1.807) is 22.5 Å². The van der Waals surface area contributed by atoms with Crippen LogP contribution in [0.3, 0.4) is 0 Å². The van der Waals surface area contributed by atoms with E-state index in [2.05, 4.69) is 0 Å². The molecule has 0 fully saturated rings. The van der Waals surface area contributed by atoms with Crippen molar-refractivity contribution < 1.29 is 4.79 Å². The molecule has 0 amide bonds. The molecule has 0 radical (unpaired) electrons. The van der Waals surface area contributed by atoms with Gasteiger partial charge in [-0.2, -0.15) is 0 Å². The minimum atomic E-state index is 0.194. The van der Waals surface area contributed by atoms with Gasteiger partial charge in [0.2, 0.25) is 5.91 Å². The third kappa shape index (κ3) is 0.612. The van der Waals surface area contributed by atoms with Crippen LogP contribution in [0.25, 0.3) is 0 Å². The van der Waals surface area contributed by atoms with Gasteiger partial charge in [-0.25, -0.2) is 0 Å². The topological polar surface area (TPSA) is 22.0 Å². The van der Waals surface area contributed by atoms with E-state index < -0.39 is 0 Å². The standard InChI is InChI=1S/C6H5NOS/c8-5-4-9-6-2-1-3-7(5)6/h1-3H,4H2. The Balaban J connectivity index is 2.61. The van der Waals surface area contributed by atoms with Gasteiger partial charge in [0.25, 0.3) is 0 Å². The summed E-state index contributed by atoms with van der Waals surface area (Å²) in [5.41, 5.74) is 0. The summed E-state index contributed by atoms with van der Waals surface area (Å²) in [5, 5.41) is 1.07. The maximum atomic E-state index is 10.9. The zero-order chi connectivity index (χ0) is 6.27. The van der Waals surface area contributed by atoms with Gasteiger partial charge in [0.05, 0.1) is 10.8 Å². The molecule has 1 aliphatic rings. The van der Waals surface area contributed by atoms with Crippen LogP contribution in [0.5, 0.6) is 0 Å². The first kappa shape index (κ1) is 5.11. The summed E-state index contributed by atoms with van der Waals surface area (Å²) in [5.74, 6) is 0.802. The lowest BCUT2D eigenvalue weighted by Gasteiger charge is -1.87. The highest BCUT2D eigenvalue weighted by molar-refractivity contribution is 8.00. The minimum absolute atomic E-state index is 0.194. The van der Waals surface area contributed by atoms with Crippen molar-refractivity contribution in [3.05, 3.63) is 18.3 Å². The van der Waals surface area contributed by atoms with Crippen LogP contribution in [0.15, 0.2) is 23.4 Å². The highest BCUT2D eigenvalue weighted by Gasteiger charge is 2.16. The average molecular weight is 139 g/mol. The number of nitrogens with zero attached hydrogens (tertiary/aromatic N) is 1. The molecule has 0 bridgehead atoms. The number of thioether (sulfide) groups is 1. The second kappa shape index (κ2) is 1.64. The van der Waals surface area contributed by atoms with Gasteiger partial charge in [0, 0.05) is 6.20 Å². The number of hydrogen-bond donors (Lipinski definition) is 0. The number of rotatable bonds is 0. The molecule has 0 unspecified atom stereocenters. The van der Waals surface area contributed by atoms with Crippen LogP contribution in [0, 0.1) is 0 Å². The van der Waals surface area contributed by atoms with E-state index in [-0.39, 0.29) is 5.91 Å². The molecule has 1 aromatic rings. The highest BCUT2D eigenvalue weighted by atomic mass is 32.2. The Hall–Kier alpha value is -0.700. The van der Waals surface area contributed by atoms with E-state index in [0.717, 1.165) is 5.03 Å². The monoisotopic (exact) mass is 139 g/mol. The van der Waals surface area contributed by atoms with E-state index in [1.165, 1.54) is 0 Å². The van der Waals surface area contributed by atoms with Gasteiger partial charge in [-0.3, -0.25) is 9.36 Å². The van der Waals surface area contributed by atoms with Crippen LogP contribution < -0.4 is 0 Å². The van der Waals surface area contributed by atoms with Gasteiger partial charge in [-0.1, -0.05) is 11.8 Å². The molecule has 2 heterocycles. The lowest BCUT2D eigenvalue weighted by atomic mass is 10.7. The third-order valence-corrected chi connectivity index (χ3v) is 2.34. The Labute approximate surface area is 56.9 Å². The molecular weight excluding hydrogens is 134 g/mol. The number of carbonyl (C=O) groups excluding carboxylic acids is 1. The van der Waals surface area contributed by atoms with Crippen molar-refractivity contribution in [3.8, 4) is 0 Å². The van der Waals surface area contributed by atoms with Gasteiger partial charge in [-0.15, -0.1) is 0 Å². The Kier molecular flexibility index (Phi) is 0.931. The molecule has 1 aromatic heterocycles. The number of carbonyl (C=O) groups is 1. The summed E-state index contributed by atoms with van der Waals surface area (Å²) in [6.45, 7) is 0. The first-order valence-electron chi connectivity index (χ1n) is 2.71. The van der Waals surface area contributed by atoms with Crippen molar-refractivity contribution in [1.82, 2.24) is 4.57 Å². The summed E-state index contributed by atoms with van der Waals surface area (Å²) in [6, 6.07) is 3.84. The maximum Gasteiger partial charge on any atom is 0.241 e. The molecule has 46 valence electrons. The summed E-state index contributed by atoms with van der Waals surface area (Å²) in [6.07, 6.45) is 1.80. The van der Waals surface area contributed by atoms with E-state index in [4.69, 9.17) is 0 Å². The molecule has 9 heavy (non-hydrogen) atoms. The molecule has 1 aliphatic heterocycles. The second-order valence-corrected chi connectivity index (χ2v) is 2.89. The molecule has 3 heteroatoms. The first-order valence-corrected chi connectivity index (χ1v) is 3.70. The largest absolute Gasteiger partial charge is 0.281 e. The van der Waals surface area contributed by atoms with Crippen molar-refractivity contribution in [2.24, 2.45) is 0 Å². The van der Waals surface area contributed by atoms with Gasteiger partial charge in [-0.05, 0) is 12.1 Å². The summed E-state index contributed by atoms with van der Waals surface area (Å²) in [4.78, 5) is 10.9. The molecule has 0 aromatic carbocycles. The van der Waals surface area contributed by atoms with Gasteiger partial charge in [0.15, 0.2) is 0 Å². The molecule has 0 saturated heterocycles. The molecule has 0 atom stereocenters. The minimum Gasteiger partial charge on any atom is -0.281 e. The van der Waals surface area contributed by atoms with Crippen LogP contribution >= 0.6 is 11.8 Å². The number of fused-ring (bicyclic) bond motifs is 1. The molecule has 0 aliphatic carbocycles. The molecule has 0 spiro atoms. The smallest absolute Gasteiger partial charge is 0.241 e. The van der Waals surface area contributed by atoms with E-state index in [1.807, 2.05) is 12.1 Å². The third-order valence-electron chi connectivity index (χ3n) is 1.32. The molecule has 0 saturated carbocycles. The summed E-state index contributed by atoms with van der Waals surface area (Å²) in [7, 11) is 0. The van der Waals surface area contributed by atoms with Gasteiger partial charge < -0.3 is 0 Å². The second-order valence-electron chi connectivity index (χ2n) is 1.90. The quantitative estimate of drug-likeness (QED) is 0.539. The predicted molar refractivity (Wildman–Crippen MR) is 35.8 cm³/mol. The summed E-state index contributed by atoms with van der Waals surface area (Å²) < 4.78 is 1.69. The zero-order valence-electron chi connectivity index (χ0n) is 4.70. The SMILES string of the molecule is O=C1CSc2cccn21. The van der Waals surface area contributed by atoms with Crippen molar-refractivity contribution in [2.45, 2.75) is 5.03 Å².